The third kappa shape index (κ3) is 4.14. The number of hydrogen-bond acceptors (Lipinski definition) is 2. The summed E-state index contributed by atoms with van der Waals surface area (Å²) in [5, 5.41) is 0. The highest BCUT2D eigenvalue weighted by molar-refractivity contribution is 5.60. The van der Waals surface area contributed by atoms with Gasteiger partial charge in [0.15, 0.2) is 0 Å². The van der Waals surface area contributed by atoms with Crippen molar-refractivity contribution >= 4 is 6.21 Å². The minimum absolute atomic E-state index is 0.678. The molecule has 0 N–H and O–H groups in total. The largest absolute Gasteiger partial charge is 0.295 e. The molecule has 0 aliphatic carbocycles. The molecule has 66 valence electrons. The van der Waals surface area contributed by atoms with E-state index in [9.17, 15) is 0 Å². The molecular formula is C9H20N2. The van der Waals surface area contributed by atoms with Gasteiger partial charge in [-0.1, -0.05) is 13.8 Å². The first kappa shape index (κ1) is 10.6. The topological polar surface area (TPSA) is 15.6 Å². The second-order valence-electron chi connectivity index (χ2n) is 2.68. The molecule has 0 aromatic carbocycles. The van der Waals surface area contributed by atoms with Crippen molar-refractivity contribution in [3.05, 3.63) is 0 Å². The van der Waals surface area contributed by atoms with E-state index in [1.807, 2.05) is 20.1 Å². The summed E-state index contributed by atoms with van der Waals surface area (Å²) in [7, 11) is 0. The Balaban J connectivity index is 0.000000461. The van der Waals surface area contributed by atoms with Crippen molar-refractivity contribution in [2.24, 2.45) is 4.99 Å². The molecule has 11 heavy (non-hydrogen) atoms. The molecule has 0 fully saturated rings. The van der Waals surface area contributed by atoms with Gasteiger partial charge < -0.3 is 0 Å². The maximum atomic E-state index is 4.14. The highest BCUT2D eigenvalue weighted by Gasteiger charge is 2.08. The zero-order chi connectivity index (χ0) is 8.69. The minimum Gasteiger partial charge on any atom is -0.295 e. The highest BCUT2D eigenvalue weighted by Crippen LogP contribution is 1.98. The van der Waals surface area contributed by atoms with Crippen LogP contribution in [0.15, 0.2) is 4.99 Å². The fraction of sp³-hybridized carbons (Fsp3) is 0.889. The lowest BCUT2D eigenvalue weighted by Crippen LogP contribution is -2.37. The first-order chi connectivity index (χ1) is 5.30. The Kier molecular flexibility index (Phi) is 6.13. The van der Waals surface area contributed by atoms with E-state index < -0.39 is 0 Å². The van der Waals surface area contributed by atoms with Crippen LogP contribution in [-0.4, -0.2) is 36.8 Å². The van der Waals surface area contributed by atoms with E-state index in [2.05, 4.69) is 23.7 Å². The van der Waals surface area contributed by atoms with Gasteiger partial charge in [-0.3, -0.25) is 9.89 Å². The number of aliphatic imine (C=N–C) groups is 1. The van der Waals surface area contributed by atoms with E-state index in [-0.39, 0.29) is 0 Å². The van der Waals surface area contributed by atoms with Crippen LogP contribution in [0.4, 0.5) is 0 Å². The summed E-state index contributed by atoms with van der Waals surface area (Å²) < 4.78 is 0. The molecule has 1 aliphatic heterocycles. The van der Waals surface area contributed by atoms with Crippen molar-refractivity contribution in [1.82, 2.24) is 4.90 Å². The average molecular weight is 156 g/mol. The fourth-order valence-electron chi connectivity index (χ4n) is 1.00. The highest BCUT2D eigenvalue weighted by atomic mass is 15.2. The lowest BCUT2D eigenvalue weighted by molar-refractivity contribution is 0.255. The van der Waals surface area contributed by atoms with Gasteiger partial charge in [-0.15, -0.1) is 0 Å². The van der Waals surface area contributed by atoms with Gasteiger partial charge in [0.2, 0.25) is 0 Å². The normalized spacial score (nSPS) is 17.9. The molecule has 0 saturated carbocycles. The summed E-state index contributed by atoms with van der Waals surface area (Å²) in [5.74, 6) is 0. The molecule has 1 heterocycles. The van der Waals surface area contributed by atoms with E-state index in [0.29, 0.717) is 6.04 Å². The van der Waals surface area contributed by atoms with Crippen molar-refractivity contribution in [3.63, 3.8) is 0 Å². The molecule has 0 radical (unpaired) electrons. The van der Waals surface area contributed by atoms with E-state index in [0.717, 1.165) is 19.6 Å². The Hall–Kier alpha value is -0.370. The molecule has 2 heteroatoms. The Bertz CT molecular complexity index is 108. The molecule has 0 amide bonds. The van der Waals surface area contributed by atoms with Crippen LogP contribution in [0, 0.1) is 0 Å². The standard InChI is InChI=1S/C7H14N2.C2H6/c1-7(2)9-5-3-8-4-6-9;1-2/h3,7H,4-6H2,1-2H3;1-2H3. The number of hydrogen-bond donors (Lipinski definition) is 0. The summed E-state index contributed by atoms with van der Waals surface area (Å²) in [6.45, 7) is 11.6. The van der Waals surface area contributed by atoms with Gasteiger partial charge in [-0.2, -0.15) is 0 Å². The molecule has 0 saturated heterocycles. The van der Waals surface area contributed by atoms with Crippen molar-refractivity contribution in [1.29, 1.82) is 0 Å². The van der Waals surface area contributed by atoms with E-state index in [4.69, 9.17) is 0 Å². The van der Waals surface area contributed by atoms with Gasteiger partial charge in [0.1, 0.15) is 0 Å². The Labute approximate surface area is 70.3 Å². The molecule has 0 bridgehead atoms. The maximum Gasteiger partial charge on any atom is 0.0513 e. The van der Waals surface area contributed by atoms with Crippen LogP contribution in [-0.2, 0) is 0 Å². The number of nitrogens with zero attached hydrogens (tertiary/aromatic N) is 2. The molecule has 0 atom stereocenters. The summed E-state index contributed by atoms with van der Waals surface area (Å²) in [4.78, 5) is 6.55. The Morgan fingerprint density at radius 1 is 1.36 bits per heavy atom. The predicted octanol–water partition coefficient (Wildman–Crippen LogP) is 1.81. The monoisotopic (exact) mass is 156 g/mol. The second kappa shape index (κ2) is 6.35. The molecule has 2 nitrogen and oxygen atoms in total. The first-order valence-corrected chi connectivity index (χ1v) is 4.53. The second-order valence-corrected chi connectivity index (χ2v) is 2.68. The molecule has 0 aromatic rings. The van der Waals surface area contributed by atoms with Crippen molar-refractivity contribution in [2.75, 3.05) is 19.6 Å². The zero-order valence-corrected chi connectivity index (χ0v) is 8.17. The van der Waals surface area contributed by atoms with Crippen molar-refractivity contribution in [3.8, 4) is 0 Å². The van der Waals surface area contributed by atoms with E-state index in [1.54, 1.807) is 0 Å². The van der Waals surface area contributed by atoms with Gasteiger partial charge in [-0.05, 0) is 13.8 Å². The minimum atomic E-state index is 0.678. The fourth-order valence-corrected chi connectivity index (χ4v) is 1.00. The van der Waals surface area contributed by atoms with Crippen molar-refractivity contribution in [2.45, 2.75) is 33.7 Å². The smallest absolute Gasteiger partial charge is 0.0513 e. The van der Waals surface area contributed by atoms with Crippen LogP contribution in [0.25, 0.3) is 0 Å². The quantitative estimate of drug-likeness (QED) is 0.565. The molecular weight excluding hydrogens is 136 g/mol. The van der Waals surface area contributed by atoms with Gasteiger partial charge >= 0.3 is 0 Å². The van der Waals surface area contributed by atoms with Crippen LogP contribution in [0.3, 0.4) is 0 Å². The van der Waals surface area contributed by atoms with Crippen LogP contribution < -0.4 is 0 Å². The summed E-state index contributed by atoms with van der Waals surface area (Å²) >= 11 is 0. The van der Waals surface area contributed by atoms with Crippen LogP contribution in [0.5, 0.6) is 0 Å². The van der Waals surface area contributed by atoms with E-state index in [1.165, 1.54) is 0 Å². The Morgan fingerprint density at radius 2 is 2.00 bits per heavy atom. The van der Waals surface area contributed by atoms with Crippen LogP contribution in [0.2, 0.25) is 0 Å². The molecule has 1 rings (SSSR count). The number of rotatable bonds is 1. The lowest BCUT2D eigenvalue weighted by Gasteiger charge is -2.26. The third-order valence-corrected chi connectivity index (χ3v) is 1.69. The lowest BCUT2D eigenvalue weighted by atomic mass is 10.3. The van der Waals surface area contributed by atoms with Crippen molar-refractivity contribution < 1.29 is 0 Å². The van der Waals surface area contributed by atoms with Crippen LogP contribution >= 0.6 is 0 Å². The maximum absolute atomic E-state index is 4.14. The van der Waals surface area contributed by atoms with Gasteiger partial charge in [0.25, 0.3) is 0 Å². The SMILES string of the molecule is CC.CC(C)N1CC=NCC1. The summed E-state index contributed by atoms with van der Waals surface area (Å²) in [6.07, 6.45) is 2.00. The van der Waals surface area contributed by atoms with Gasteiger partial charge in [0.05, 0.1) is 6.54 Å². The molecule has 0 unspecified atom stereocenters. The van der Waals surface area contributed by atoms with Crippen LogP contribution in [0.1, 0.15) is 27.7 Å². The summed E-state index contributed by atoms with van der Waals surface area (Å²) in [5.41, 5.74) is 0. The predicted molar refractivity (Wildman–Crippen MR) is 51.4 cm³/mol. The van der Waals surface area contributed by atoms with Gasteiger partial charge in [0, 0.05) is 25.3 Å². The third-order valence-electron chi connectivity index (χ3n) is 1.69. The zero-order valence-electron chi connectivity index (χ0n) is 8.17. The molecule has 0 spiro atoms. The summed E-state index contributed by atoms with van der Waals surface area (Å²) in [6, 6.07) is 0.678. The molecule has 1 aliphatic rings. The average Bonchev–Trinajstić information content (AvgIpc) is 2.10. The molecule has 0 aromatic heterocycles. The Morgan fingerprint density at radius 3 is 2.27 bits per heavy atom. The first-order valence-electron chi connectivity index (χ1n) is 4.53. The van der Waals surface area contributed by atoms with Gasteiger partial charge in [-0.25, -0.2) is 0 Å². The van der Waals surface area contributed by atoms with E-state index >= 15 is 0 Å².